The first kappa shape index (κ1) is 31.4. The Labute approximate surface area is 231 Å². The van der Waals surface area contributed by atoms with Crippen molar-refractivity contribution in [1.82, 2.24) is 4.90 Å². The molecule has 1 amide bonds. The molecule has 0 bridgehead atoms. The van der Waals surface area contributed by atoms with Crippen LogP contribution in [0.2, 0.25) is 0 Å². The van der Waals surface area contributed by atoms with Gasteiger partial charge in [0.15, 0.2) is 0 Å². The fourth-order valence-corrected chi connectivity index (χ4v) is 5.40. The van der Waals surface area contributed by atoms with Gasteiger partial charge in [-0.05, 0) is 58.1 Å². The number of nitrogens with zero attached hydrogens (tertiary/aromatic N) is 2. The number of benzene rings is 1. The van der Waals surface area contributed by atoms with Crippen molar-refractivity contribution >= 4 is 23.5 Å². The number of morpholine rings is 1. The molecule has 1 atom stereocenters. The molecule has 0 aliphatic carbocycles. The fraction of sp³-hybridized carbons (Fsp3) is 0.607. The molecule has 0 radical (unpaired) electrons. The highest BCUT2D eigenvalue weighted by Gasteiger charge is 2.45. The molecule has 2 aliphatic rings. The van der Waals surface area contributed by atoms with Crippen molar-refractivity contribution in [2.45, 2.75) is 59.2 Å². The SMILES string of the molecule is CCN(C(=O)C(F)(F)F)c1c(C/C=C(\C)C(CCCN2CCOCC2)CC(=O)O)c(OC)c(C)c2c1C(=O)OC2. The highest BCUT2D eigenvalue weighted by Crippen LogP contribution is 2.44. The number of carboxylic acids is 1. The van der Waals surface area contributed by atoms with E-state index in [-0.39, 0.29) is 54.5 Å². The Kier molecular flexibility index (Phi) is 10.6. The molecule has 1 N–H and O–H groups in total. The molecule has 2 aliphatic heterocycles. The number of amides is 1. The first-order chi connectivity index (χ1) is 18.9. The van der Waals surface area contributed by atoms with E-state index in [1.54, 1.807) is 19.9 Å². The third-order valence-electron chi connectivity index (χ3n) is 7.55. The monoisotopic (exact) mass is 570 g/mol. The molecule has 3 rings (SSSR count). The van der Waals surface area contributed by atoms with E-state index in [2.05, 4.69) is 4.90 Å². The zero-order valence-corrected chi connectivity index (χ0v) is 23.4. The van der Waals surface area contributed by atoms with Crippen molar-refractivity contribution in [3.05, 3.63) is 33.9 Å². The van der Waals surface area contributed by atoms with Gasteiger partial charge in [0, 0.05) is 30.8 Å². The van der Waals surface area contributed by atoms with Crippen LogP contribution in [0.1, 0.15) is 60.2 Å². The van der Waals surface area contributed by atoms with E-state index in [0.717, 1.165) is 31.6 Å². The van der Waals surface area contributed by atoms with Gasteiger partial charge >= 0.3 is 24.0 Å². The van der Waals surface area contributed by atoms with Crippen LogP contribution in [0.3, 0.4) is 0 Å². The lowest BCUT2D eigenvalue weighted by Gasteiger charge is -2.28. The summed E-state index contributed by atoms with van der Waals surface area (Å²) in [5, 5.41) is 9.53. The Morgan fingerprint density at radius 2 is 1.93 bits per heavy atom. The lowest BCUT2D eigenvalue weighted by Crippen LogP contribution is -2.42. The van der Waals surface area contributed by atoms with Gasteiger partial charge in [0.1, 0.15) is 12.4 Å². The summed E-state index contributed by atoms with van der Waals surface area (Å²) in [6.07, 6.45) is -2.11. The first-order valence-corrected chi connectivity index (χ1v) is 13.4. The van der Waals surface area contributed by atoms with Gasteiger partial charge < -0.3 is 24.2 Å². The molecule has 9 nitrogen and oxygen atoms in total. The molecule has 1 aromatic carbocycles. The molecular formula is C28H37F3N2O7. The van der Waals surface area contributed by atoms with Gasteiger partial charge in [-0.3, -0.25) is 14.5 Å². The minimum absolute atomic E-state index is 0.0208. The normalized spacial score (nSPS) is 16.9. The number of carbonyl (C=O) groups is 3. The summed E-state index contributed by atoms with van der Waals surface area (Å²) in [5.74, 6) is -3.90. The van der Waals surface area contributed by atoms with Gasteiger partial charge in [-0.15, -0.1) is 0 Å². The number of esters is 1. The standard InChI is InChI=1S/C28H37F3N2O7/c1-5-33(27(37)28(29,30)31)24-20(25(38-4)18(3)21-16-40-26(36)23(21)24)9-8-17(2)19(15-22(34)35)7-6-10-32-11-13-39-14-12-32/h8,19H,5-7,9-16H2,1-4H3,(H,34,35)/b17-8+. The highest BCUT2D eigenvalue weighted by atomic mass is 19.4. The molecule has 0 spiro atoms. The minimum Gasteiger partial charge on any atom is -0.496 e. The summed E-state index contributed by atoms with van der Waals surface area (Å²) in [7, 11) is 1.37. The van der Waals surface area contributed by atoms with Crippen molar-refractivity contribution in [3.8, 4) is 5.75 Å². The van der Waals surface area contributed by atoms with Crippen molar-refractivity contribution in [3.63, 3.8) is 0 Å². The number of hydrogen-bond acceptors (Lipinski definition) is 7. The maximum absolute atomic E-state index is 13.6. The Hall–Kier alpha value is -3.12. The Bertz CT molecular complexity index is 1140. The third-order valence-corrected chi connectivity index (χ3v) is 7.55. The number of cyclic esters (lactones) is 1. The average Bonchev–Trinajstić information content (AvgIpc) is 3.29. The molecule has 1 saturated heterocycles. The number of ether oxygens (including phenoxy) is 3. The number of alkyl halides is 3. The topological polar surface area (TPSA) is 106 Å². The number of hydrogen-bond donors (Lipinski definition) is 1. The maximum Gasteiger partial charge on any atom is 0.471 e. The molecule has 12 heteroatoms. The number of carbonyl (C=O) groups excluding carboxylic acids is 2. The first-order valence-electron chi connectivity index (χ1n) is 13.4. The molecule has 0 aromatic heterocycles. The van der Waals surface area contributed by atoms with Crippen LogP contribution in [0.4, 0.5) is 18.9 Å². The van der Waals surface area contributed by atoms with Crippen LogP contribution < -0.4 is 9.64 Å². The summed E-state index contributed by atoms with van der Waals surface area (Å²) in [4.78, 5) is 39.6. The lowest BCUT2D eigenvalue weighted by molar-refractivity contribution is -0.170. The third kappa shape index (κ3) is 7.14. The van der Waals surface area contributed by atoms with Gasteiger partial charge in [0.25, 0.3) is 0 Å². The second kappa shape index (κ2) is 13.5. The molecule has 2 heterocycles. The number of halogens is 3. The van der Waals surface area contributed by atoms with Crippen LogP contribution in [0.25, 0.3) is 0 Å². The van der Waals surface area contributed by atoms with E-state index in [1.165, 1.54) is 14.0 Å². The van der Waals surface area contributed by atoms with Gasteiger partial charge in [0.05, 0.1) is 38.0 Å². The van der Waals surface area contributed by atoms with Gasteiger partial charge in [-0.2, -0.15) is 13.2 Å². The summed E-state index contributed by atoms with van der Waals surface area (Å²) in [6.45, 7) is 8.18. The van der Waals surface area contributed by atoms with E-state index in [0.29, 0.717) is 35.7 Å². The summed E-state index contributed by atoms with van der Waals surface area (Å²) in [6, 6.07) is 0. The van der Waals surface area contributed by atoms with E-state index in [9.17, 15) is 32.7 Å². The van der Waals surface area contributed by atoms with Gasteiger partial charge in [-0.25, -0.2) is 4.79 Å². The molecule has 1 unspecified atom stereocenters. The number of methoxy groups -OCH3 is 1. The van der Waals surface area contributed by atoms with Crippen molar-refractivity contribution in [2.75, 3.05) is 51.4 Å². The quantitative estimate of drug-likeness (QED) is 0.293. The van der Waals surface area contributed by atoms with Crippen molar-refractivity contribution < 1.29 is 46.9 Å². The average molecular weight is 571 g/mol. The lowest BCUT2D eigenvalue weighted by atomic mass is 9.89. The van der Waals surface area contributed by atoms with Crippen LogP contribution in [-0.2, 0) is 32.1 Å². The summed E-state index contributed by atoms with van der Waals surface area (Å²) < 4.78 is 56.9. The number of allylic oxidation sites excluding steroid dienone is 2. The molecular weight excluding hydrogens is 533 g/mol. The molecule has 1 aromatic rings. The second-order valence-corrected chi connectivity index (χ2v) is 10.0. The second-order valence-electron chi connectivity index (χ2n) is 10.0. The van der Waals surface area contributed by atoms with Crippen LogP contribution >= 0.6 is 0 Å². The van der Waals surface area contributed by atoms with E-state index >= 15 is 0 Å². The maximum atomic E-state index is 13.6. The Balaban J connectivity index is 2.00. The smallest absolute Gasteiger partial charge is 0.471 e. The highest BCUT2D eigenvalue weighted by molar-refractivity contribution is 6.08. The largest absolute Gasteiger partial charge is 0.496 e. The van der Waals surface area contributed by atoms with E-state index < -0.39 is 24.0 Å². The number of aliphatic carboxylic acids is 1. The zero-order valence-electron chi connectivity index (χ0n) is 23.4. The number of anilines is 1. The van der Waals surface area contributed by atoms with Crippen LogP contribution in [0.15, 0.2) is 11.6 Å². The number of fused-ring (bicyclic) bond motifs is 1. The predicted molar refractivity (Wildman–Crippen MR) is 141 cm³/mol. The van der Waals surface area contributed by atoms with E-state index in [4.69, 9.17) is 14.2 Å². The van der Waals surface area contributed by atoms with Crippen molar-refractivity contribution in [2.24, 2.45) is 5.92 Å². The minimum atomic E-state index is -5.17. The van der Waals surface area contributed by atoms with Crippen LogP contribution in [-0.4, -0.2) is 80.5 Å². The van der Waals surface area contributed by atoms with Crippen LogP contribution in [0.5, 0.6) is 5.75 Å². The zero-order chi connectivity index (χ0) is 29.6. The Morgan fingerprint density at radius 1 is 1.25 bits per heavy atom. The summed E-state index contributed by atoms with van der Waals surface area (Å²) >= 11 is 0. The Morgan fingerprint density at radius 3 is 2.50 bits per heavy atom. The fourth-order valence-electron chi connectivity index (χ4n) is 5.40. The van der Waals surface area contributed by atoms with Crippen molar-refractivity contribution in [1.29, 1.82) is 0 Å². The number of carboxylic acid groups (broad SMARTS) is 1. The molecule has 0 saturated carbocycles. The van der Waals surface area contributed by atoms with Gasteiger partial charge in [0.2, 0.25) is 0 Å². The molecule has 222 valence electrons. The molecule has 40 heavy (non-hydrogen) atoms. The predicted octanol–water partition coefficient (Wildman–Crippen LogP) is 4.28. The summed E-state index contributed by atoms with van der Waals surface area (Å²) in [5.41, 5.74) is 1.64. The number of rotatable bonds is 12. The van der Waals surface area contributed by atoms with Gasteiger partial charge in [-0.1, -0.05) is 11.6 Å². The van der Waals surface area contributed by atoms with Crippen LogP contribution in [0, 0.1) is 12.8 Å². The van der Waals surface area contributed by atoms with E-state index in [1.807, 2.05) is 0 Å². The molecule has 1 fully saturated rings.